The average molecular weight is 670 g/mol. The zero-order valence-corrected chi connectivity index (χ0v) is 27.7. The first-order valence-corrected chi connectivity index (χ1v) is 17.3. The van der Waals surface area contributed by atoms with E-state index in [9.17, 15) is 0 Å². The normalized spacial score (nSPS) is 14.9. The van der Waals surface area contributed by atoms with Gasteiger partial charge in [-0.05, 0) is 59.2 Å². The molecule has 11 rings (SSSR count). The smallest absolute Gasteiger partial charge is 0.162 e. The van der Waals surface area contributed by atoms with Crippen LogP contribution in [0.1, 0.15) is 22.7 Å². The number of benzene rings is 7. The standard InChI is InChI=1S/C46H27N3O3/c1-2-12-27(13-3-1)34-26-47-46(49-45(48-34)33-18-11-23-39-42(33)31-15-5-8-20-36(31)51-39)44-29(24-25-40-43(44)32-16-6-9-21-37(32)52-40)28-17-10-22-38-41(28)30-14-4-7-19-35(30)50-38/h1-26,34H. The van der Waals surface area contributed by atoms with E-state index in [1.165, 1.54) is 0 Å². The SMILES string of the molecule is C1=NC(c2c(-c3cccc4oc5ccccc5c34)ccc3oc4ccccc4c23)=NC(c2cccc3oc4ccccc4c23)=NC1c1ccccc1. The van der Waals surface area contributed by atoms with Gasteiger partial charge in [0.1, 0.15) is 39.5 Å². The maximum absolute atomic E-state index is 6.48. The fourth-order valence-electron chi connectivity index (χ4n) is 7.76. The molecule has 1 aliphatic heterocycles. The summed E-state index contributed by atoms with van der Waals surface area (Å²) in [5.74, 6) is 1.11. The predicted octanol–water partition coefficient (Wildman–Crippen LogP) is 12.1. The largest absolute Gasteiger partial charge is 0.456 e. The zero-order chi connectivity index (χ0) is 34.2. The minimum absolute atomic E-state index is 0.379. The summed E-state index contributed by atoms with van der Waals surface area (Å²) in [4.78, 5) is 16.0. The first-order chi connectivity index (χ1) is 25.8. The van der Waals surface area contributed by atoms with Gasteiger partial charge in [-0.2, -0.15) is 0 Å². The van der Waals surface area contributed by atoms with E-state index < -0.39 is 0 Å². The van der Waals surface area contributed by atoms with Gasteiger partial charge in [0, 0.05) is 49.7 Å². The van der Waals surface area contributed by atoms with Gasteiger partial charge < -0.3 is 13.3 Å². The lowest BCUT2D eigenvalue weighted by Crippen LogP contribution is -2.06. The quantitative estimate of drug-likeness (QED) is 0.187. The van der Waals surface area contributed by atoms with Crippen LogP contribution in [0.25, 0.3) is 76.9 Å². The van der Waals surface area contributed by atoms with Crippen molar-refractivity contribution in [3.8, 4) is 11.1 Å². The van der Waals surface area contributed by atoms with Crippen molar-refractivity contribution in [1.29, 1.82) is 0 Å². The maximum atomic E-state index is 6.48. The highest BCUT2D eigenvalue weighted by Crippen LogP contribution is 2.43. The Balaban J connectivity index is 1.25. The summed E-state index contributed by atoms with van der Waals surface area (Å²) in [6.07, 6.45) is 1.91. The van der Waals surface area contributed by atoms with Gasteiger partial charge in [-0.25, -0.2) is 9.98 Å². The number of para-hydroxylation sites is 3. The fraction of sp³-hybridized carbons (Fsp3) is 0.0217. The first-order valence-electron chi connectivity index (χ1n) is 17.3. The molecular formula is C46H27N3O3. The van der Waals surface area contributed by atoms with Crippen molar-refractivity contribution >= 4 is 83.7 Å². The molecule has 244 valence electrons. The van der Waals surface area contributed by atoms with Crippen LogP contribution in [0.3, 0.4) is 0 Å². The Morgan fingerprint density at radius 2 is 0.904 bits per heavy atom. The summed E-state index contributed by atoms with van der Waals surface area (Å²) in [6, 6.07) is 50.7. The highest BCUT2D eigenvalue weighted by molar-refractivity contribution is 6.29. The minimum Gasteiger partial charge on any atom is -0.456 e. The summed E-state index contributed by atoms with van der Waals surface area (Å²) in [7, 11) is 0. The molecule has 0 radical (unpaired) electrons. The van der Waals surface area contributed by atoms with E-state index in [1.807, 2.05) is 103 Å². The molecule has 0 spiro atoms. The van der Waals surface area contributed by atoms with E-state index in [4.69, 9.17) is 28.2 Å². The van der Waals surface area contributed by atoms with Crippen molar-refractivity contribution in [3.63, 3.8) is 0 Å². The molecule has 0 amide bonds. The van der Waals surface area contributed by atoms with Gasteiger partial charge in [0.05, 0.1) is 0 Å². The highest BCUT2D eigenvalue weighted by Gasteiger charge is 2.26. The third-order valence-electron chi connectivity index (χ3n) is 10.1. The van der Waals surface area contributed by atoms with Crippen molar-refractivity contribution in [2.45, 2.75) is 6.04 Å². The molecule has 0 fully saturated rings. The van der Waals surface area contributed by atoms with Crippen LogP contribution in [0.15, 0.2) is 180 Å². The van der Waals surface area contributed by atoms with Gasteiger partial charge in [0.25, 0.3) is 0 Å². The lowest BCUT2D eigenvalue weighted by atomic mass is 9.91. The van der Waals surface area contributed by atoms with E-state index in [0.717, 1.165) is 93.6 Å². The third-order valence-corrected chi connectivity index (χ3v) is 10.1. The maximum Gasteiger partial charge on any atom is 0.162 e. The number of rotatable bonds is 4. The van der Waals surface area contributed by atoms with Gasteiger partial charge in [-0.1, -0.05) is 109 Å². The summed E-state index contributed by atoms with van der Waals surface area (Å²) in [6.45, 7) is 0. The van der Waals surface area contributed by atoms with E-state index in [2.05, 4.69) is 54.6 Å². The Morgan fingerprint density at radius 3 is 1.56 bits per heavy atom. The Bertz CT molecular complexity index is 3140. The monoisotopic (exact) mass is 669 g/mol. The number of amidine groups is 2. The van der Waals surface area contributed by atoms with Crippen LogP contribution in [-0.4, -0.2) is 17.9 Å². The number of hydrogen-bond acceptors (Lipinski definition) is 6. The molecule has 1 atom stereocenters. The van der Waals surface area contributed by atoms with Gasteiger partial charge in [-0.15, -0.1) is 0 Å². The van der Waals surface area contributed by atoms with E-state index in [1.54, 1.807) is 0 Å². The van der Waals surface area contributed by atoms with Gasteiger partial charge in [0.15, 0.2) is 11.7 Å². The topological polar surface area (TPSA) is 76.5 Å². The molecule has 0 N–H and O–H groups in total. The molecule has 52 heavy (non-hydrogen) atoms. The van der Waals surface area contributed by atoms with Crippen LogP contribution >= 0.6 is 0 Å². The van der Waals surface area contributed by atoms with Crippen LogP contribution < -0.4 is 0 Å². The second-order valence-electron chi connectivity index (χ2n) is 13.0. The molecule has 0 saturated carbocycles. The van der Waals surface area contributed by atoms with Crippen molar-refractivity contribution in [2.75, 3.05) is 0 Å². The molecule has 1 aliphatic rings. The minimum atomic E-state index is -0.379. The average Bonchev–Trinajstić information content (AvgIpc) is 3.84. The molecule has 3 aromatic heterocycles. The predicted molar refractivity (Wildman–Crippen MR) is 211 cm³/mol. The van der Waals surface area contributed by atoms with Crippen molar-refractivity contribution in [2.24, 2.45) is 15.0 Å². The van der Waals surface area contributed by atoms with Crippen LogP contribution in [-0.2, 0) is 0 Å². The zero-order valence-electron chi connectivity index (χ0n) is 27.7. The Labute approximate surface area is 296 Å². The molecule has 0 bridgehead atoms. The number of hydrogen-bond donors (Lipinski definition) is 0. The second-order valence-corrected chi connectivity index (χ2v) is 13.0. The van der Waals surface area contributed by atoms with Gasteiger partial charge >= 0.3 is 0 Å². The van der Waals surface area contributed by atoms with Crippen molar-refractivity contribution in [3.05, 3.63) is 168 Å². The third kappa shape index (κ3) is 4.34. The van der Waals surface area contributed by atoms with Gasteiger partial charge in [0.2, 0.25) is 0 Å². The first kappa shape index (κ1) is 28.8. The molecule has 6 nitrogen and oxygen atoms in total. The number of aliphatic imine (C=N–C) groups is 3. The van der Waals surface area contributed by atoms with E-state index in [0.29, 0.717) is 11.7 Å². The molecule has 6 heteroatoms. The number of nitrogens with zero attached hydrogens (tertiary/aromatic N) is 3. The molecule has 7 aromatic carbocycles. The Morgan fingerprint density at radius 1 is 0.385 bits per heavy atom. The highest BCUT2D eigenvalue weighted by atomic mass is 16.3. The Kier molecular flexibility index (Phi) is 6.21. The van der Waals surface area contributed by atoms with E-state index >= 15 is 0 Å². The summed E-state index contributed by atoms with van der Waals surface area (Å²) < 4.78 is 19.2. The number of furan rings is 3. The van der Waals surface area contributed by atoms with Crippen LogP contribution in [0.5, 0.6) is 0 Å². The molecule has 0 aliphatic carbocycles. The summed E-state index contributed by atoms with van der Waals surface area (Å²) >= 11 is 0. The molecule has 4 heterocycles. The lowest BCUT2D eigenvalue weighted by Gasteiger charge is -2.13. The summed E-state index contributed by atoms with van der Waals surface area (Å²) in [5, 5.41) is 5.99. The van der Waals surface area contributed by atoms with Crippen molar-refractivity contribution in [1.82, 2.24) is 0 Å². The summed E-state index contributed by atoms with van der Waals surface area (Å²) in [5.41, 5.74) is 9.56. The molecule has 1 unspecified atom stereocenters. The lowest BCUT2D eigenvalue weighted by molar-refractivity contribution is 0.668. The second kappa shape index (κ2) is 11.2. The van der Waals surface area contributed by atoms with Gasteiger partial charge in [-0.3, -0.25) is 4.99 Å². The molecule has 0 saturated heterocycles. The van der Waals surface area contributed by atoms with Crippen LogP contribution in [0, 0.1) is 0 Å². The Hall–Kier alpha value is -7.05. The molecular weight excluding hydrogens is 643 g/mol. The van der Waals surface area contributed by atoms with Crippen molar-refractivity contribution < 1.29 is 13.3 Å². The van der Waals surface area contributed by atoms with Crippen LogP contribution in [0.4, 0.5) is 0 Å². The number of fused-ring (bicyclic) bond motifs is 9. The fourth-order valence-corrected chi connectivity index (χ4v) is 7.76. The molecule has 10 aromatic rings. The van der Waals surface area contributed by atoms with E-state index in [-0.39, 0.29) is 6.04 Å². The van der Waals surface area contributed by atoms with Crippen LogP contribution in [0.2, 0.25) is 0 Å².